The molecule has 1 N–H and O–H groups in total. The number of para-hydroxylation sites is 1. The van der Waals surface area contributed by atoms with E-state index < -0.39 is 0 Å². The van der Waals surface area contributed by atoms with Gasteiger partial charge in [-0.1, -0.05) is 18.2 Å². The monoisotopic (exact) mass is 244 g/mol. The second kappa shape index (κ2) is 5.74. The molecular weight excluding hydrogens is 224 g/mol. The molecule has 3 nitrogen and oxygen atoms in total. The molecule has 1 heterocycles. The smallest absolute Gasteiger partial charge is 0.123 e. The van der Waals surface area contributed by atoms with Crippen molar-refractivity contribution in [2.24, 2.45) is 7.05 Å². The molecule has 2 aromatic rings. The van der Waals surface area contributed by atoms with Crippen molar-refractivity contribution in [2.45, 2.75) is 19.5 Å². The Morgan fingerprint density at radius 1 is 1.22 bits per heavy atom. The Bertz CT molecular complexity index is 505. The van der Waals surface area contributed by atoms with Crippen molar-refractivity contribution >= 4 is 0 Å². The molecule has 0 saturated heterocycles. The Morgan fingerprint density at radius 3 is 2.67 bits per heavy atom. The summed E-state index contributed by atoms with van der Waals surface area (Å²) in [7, 11) is 3.77. The minimum absolute atomic E-state index is 0.260. The highest BCUT2D eigenvalue weighted by molar-refractivity contribution is 5.35. The number of nitrogens with one attached hydrogen (secondary N) is 1. The lowest BCUT2D eigenvalue weighted by atomic mass is 10.1. The van der Waals surface area contributed by atoms with Gasteiger partial charge in [-0.2, -0.15) is 0 Å². The van der Waals surface area contributed by atoms with Gasteiger partial charge in [0.1, 0.15) is 5.75 Å². The van der Waals surface area contributed by atoms with Crippen LogP contribution in [-0.4, -0.2) is 11.7 Å². The van der Waals surface area contributed by atoms with E-state index >= 15 is 0 Å². The molecule has 0 aliphatic rings. The van der Waals surface area contributed by atoms with Crippen molar-refractivity contribution in [3.8, 4) is 5.75 Å². The Hall–Kier alpha value is -1.74. The van der Waals surface area contributed by atoms with Crippen molar-refractivity contribution in [3.05, 3.63) is 53.9 Å². The van der Waals surface area contributed by atoms with Crippen LogP contribution >= 0.6 is 0 Å². The van der Waals surface area contributed by atoms with Crippen LogP contribution in [0.4, 0.5) is 0 Å². The molecule has 2 rings (SSSR count). The summed E-state index contributed by atoms with van der Waals surface area (Å²) in [5.74, 6) is 0.935. The van der Waals surface area contributed by atoms with E-state index in [4.69, 9.17) is 4.74 Å². The number of nitrogens with zero attached hydrogens (tertiary/aromatic N) is 1. The van der Waals surface area contributed by atoms with Crippen LogP contribution in [0.2, 0.25) is 0 Å². The van der Waals surface area contributed by atoms with Gasteiger partial charge in [-0.25, -0.2) is 0 Å². The highest BCUT2D eigenvalue weighted by Crippen LogP contribution is 2.24. The van der Waals surface area contributed by atoms with E-state index in [0.29, 0.717) is 0 Å². The average molecular weight is 244 g/mol. The van der Waals surface area contributed by atoms with E-state index in [1.165, 1.54) is 11.3 Å². The molecule has 96 valence electrons. The molecular formula is C15H20N2O. The van der Waals surface area contributed by atoms with Crippen molar-refractivity contribution in [3.63, 3.8) is 0 Å². The molecule has 1 atom stereocenters. The van der Waals surface area contributed by atoms with E-state index in [9.17, 15) is 0 Å². The molecule has 1 aromatic carbocycles. The van der Waals surface area contributed by atoms with Gasteiger partial charge in [0.25, 0.3) is 0 Å². The summed E-state index contributed by atoms with van der Waals surface area (Å²) in [5, 5.41) is 3.52. The molecule has 0 fully saturated rings. The zero-order valence-corrected chi connectivity index (χ0v) is 11.2. The van der Waals surface area contributed by atoms with Crippen LogP contribution in [0, 0.1) is 0 Å². The van der Waals surface area contributed by atoms with Crippen LogP contribution in [-0.2, 0) is 13.6 Å². The predicted molar refractivity (Wildman–Crippen MR) is 73.7 cm³/mol. The van der Waals surface area contributed by atoms with E-state index in [1.54, 1.807) is 7.11 Å². The summed E-state index contributed by atoms with van der Waals surface area (Å²) in [5.41, 5.74) is 2.46. The lowest BCUT2D eigenvalue weighted by molar-refractivity contribution is 0.401. The molecule has 1 aromatic heterocycles. The van der Waals surface area contributed by atoms with Gasteiger partial charge in [0.2, 0.25) is 0 Å². The van der Waals surface area contributed by atoms with Crippen LogP contribution in [0.3, 0.4) is 0 Å². The van der Waals surface area contributed by atoms with Crippen LogP contribution in [0.15, 0.2) is 42.6 Å². The molecule has 0 amide bonds. The lowest BCUT2D eigenvalue weighted by Crippen LogP contribution is -2.20. The Morgan fingerprint density at radius 2 is 2.00 bits per heavy atom. The summed E-state index contributed by atoms with van der Waals surface area (Å²) in [6.45, 7) is 3.00. The van der Waals surface area contributed by atoms with Gasteiger partial charge in [0.05, 0.1) is 7.11 Å². The molecule has 18 heavy (non-hydrogen) atoms. The highest BCUT2D eigenvalue weighted by Gasteiger charge is 2.10. The first-order valence-electron chi connectivity index (χ1n) is 6.19. The van der Waals surface area contributed by atoms with Gasteiger partial charge in [-0.3, -0.25) is 0 Å². The van der Waals surface area contributed by atoms with Crippen LogP contribution in [0.5, 0.6) is 5.75 Å². The minimum Gasteiger partial charge on any atom is -0.496 e. The van der Waals surface area contributed by atoms with Gasteiger partial charge < -0.3 is 14.6 Å². The second-order valence-corrected chi connectivity index (χ2v) is 4.45. The van der Waals surface area contributed by atoms with E-state index in [0.717, 1.165) is 12.3 Å². The zero-order chi connectivity index (χ0) is 13.0. The van der Waals surface area contributed by atoms with Gasteiger partial charge in [0.15, 0.2) is 0 Å². The zero-order valence-electron chi connectivity index (χ0n) is 11.2. The van der Waals surface area contributed by atoms with Crippen molar-refractivity contribution < 1.29 is 4.74 Å². The molecule has 0 saturated carbocycles. The highest BCUT2D eigenvalue weighted by atomic mass is 16.5. The summed E-state index contributed by atoms with van der Waals surface area (Å²) < 4.78 is 7.51. The predicted octanol–water partition coefficient (Wildman–Crippen LogP) is 2.88. The van der Waals surface area contributed by atoms with E-state index in [-0.39, 0.29) is 6.04 Å². The largest absolute Gasteiger partial charge is 0.496 e. The van der Waals surface area contributed by atoms with Gasteiger partial charge >= 0.3 is 0 Å². The summed E-state index contributed by atoms with van der Waals surface area (Å²) in [6.07, 6.45) is 2.06. The Labute approximate surface area is 108 Å². The number of rotatable bonds is 5. The maximum absolute atomic E-state index is 5.38. The van der Waals surface area contributed by atoms with Crippen molar-refractivity contribution in [1.29, 1.82) is 0 Å². The molecule has 0 spiro atoms. The first kappa shape index (κ1) is 12.7. The Kier molecular flexibility index (Phi) is 4.05. The molecule has 0 aliphatic heterocycles. The normalized spacial score (nSPS) is 12.4. The lowest BCUT2D eigenvalue weighted by Gasteiger charge is -2.17. The van der Waals surface area contributed by atoms with Gasteiger partial charge in [-0.15, -0.1) is 0 Å². The maximum atomic E-state index is 5.38. The first-order valence-corrected chi connectivity index (χ1v) is 6.19. The molecule has 0 radical (unpaired) electrons. The third-order valence-corrected chi connectivity index (χ3v) is 3.25. The summed E-state index contributed by atoms with van der Waals surface area (Å²) in [4.78, 5) is 0. The third-order valence-electron chi connectivity index (χ3n) is 3.25. The SMILES string of the molecule is COc1ccccc1C(C)NCc1cccn1C. The van der Waals surface area contributed by atoms with E-state index in [1.807, 2.05) is 18.2 Å². The fraction of sp³-hybridized carbons (Fsp3) is 0.333. The molecule has 3 heteroatoms. The maximum Gasteiger partial charge on any atom is 0.123 e. The number of hydrogen-bond donors (Lipinski definition) is 1. The van der Waals surface area contributed by atoms with E-state index in [2.05, 4.69) is 48.3 Å². The van der Waals surface area contributed by atoms with Gasteiger partial charge in [-0.05, 0) is 25.1 Å². The van der Waals surface area contributed by atoms with Crippen LogP contribution < -0.4 is 10.1 Å². The topological polar surface area (TPSA) is 26.2 Å². The van der Waals surface area contributed by atoms with Crippen molar-refractivity contribution in [2.75, 3.05) is 7.11 Å². The summed E-state index contributed by atoms with van der Waals surface area (Å²) in [6, 6.07) is 12.6. The summed E-state index contributed by atoms with van der Waals surface area (Å²) >= 11 is 0. The number of hydrogen-bond acceptors (Lipinski definition) is 2. The van der Waals surface area contributed by atoms with Crippen LogP contribution in [0.25, 0.3) is 0 Å². The molecule has 0 aliphatic carbocycles. The average Bonchev–Trinajstić information content (AvgIpc) is 2.81. The fourth-order valence-electron chi connectivity index (χ4n) is 2.07. The number of aromatic nitrogens is 1. The van der Waals surface area contributed by atoms with Crippen LogP contribution in [0.1, 0.15) is 24.2 Å². The van der Waals surface area contributed by atoms with Crippen molar-refractivity contribution in [1.82, 2.24) is 9.88 Å². The number of ether oxygens (including phenoxy) is 1. The molecule has 1 unspecified atom stereocenters. The second-order valence-electron chi connectivity index (χ2n) is 4.45. The minimum atomic E-state index is 0.260. The Balaban J connectivity index is 2.03. The number of aryl methyl sites for hydroxylation is 1. The fourth-order valence-corrected chi connectivity index (χ4v) is 2.07. The standard InChI is InChI=1S/C15H20N2O/c1-12(14-8-4-5-9-15(14)18-3)16-11-13-7-6-10-17(13)2/h4-10,12,16H,11H2,1-3H3. The first-order chi connectivity index (χ1) is 8.72. The number of benzene rings is 1. The van der Waals surface area contributed by atoms with Gasteiger partial charge in [0, 0.05) is 37.1 Å². The molecule has 0 bridgehead atoms. The quantitative estimate of drug-likeness (QED) is 0.875. The number of methoxy groups -OCH3 is 1. The third kappa shape index (κ3) is 2.74.